The molecule has 2 aromatic heterocycles. The molecule has 1 atom stereocenters. The monoisotopic (exact) mass is 414 g/mol. The Morgan fingerprint density at radius 2 is 1.67 bits per heavy atom. The first kappa shape index (κ1) is 19.0. The van der Waals surface area contributed by atoms with Gasteiger partial charge in [-0.3, -0.25) is 0 Å². The van der Waals surface area contributed by atoms with Gasteiger partial charge in [0.2, 0.25) is 0 Å². The molecular formula is C21H21F3N6. The van der Waals surface area contributed by atoms with E-state index in [1.807, 2.05) is 0 Å². The van der Waals surface area contributed by atoms with Crippen LogP contribution < -0.4 is 10.2 Å². The molecule has 0 bridgehead atoms. The van der Waals surface area contributed by atoms with Crippen LogP contribution in [0.3, 0.4) is 0 Å². The molecule has 0 radical (unpaired) electrons. The maximum atomic E-state index is 15.0. The number of rotatable bonds is 5. The molecule has 6 nitrogen and oxygen atoms in total. The van der Waals surface area contributed by atoms with Crippen LogP contribution in [0.5, 0.6) is 0 Å². The third-order valence-electron chi connectivity index (χ3n) is 5.79. The Morgan fingerprint density at radius 3 is 2.33 bits per heavy atom. The van der Waals surface area contributed by atoms with Gasteiger partial charge >= 0.3 is 0 Å². The number of aromatic nitrogens is 4. The molecule has 3 heterocycles. The summed E-state index contributed by atoms with van der Waals surface area (Å²) in [6.45, 7) is 1.15. The van der Waals surface area contributed by atoms with E-state index >= 15 is 0 Å². The van der Waals surface area contributed by atoms with Crippen LogP contribution in [0.1, 0.15) is 37.4 Å². The number of halogens is 3. The zero-order chi connectivity index (χ0) is 20.7. The van der Waals surface area contributed by atoms with Gasteiger partial charge in [0.05, 0.1) is 12.4 Å². The standard InChI is InChI=1S/C21H21F3N6/c22-13-1-4-15(16(23)9-13)19(24)12-5-7-30(8-6-12)21-20(27-14-2-3-14)28-17-10-25-26-11-18(17)29-21/h1,4,9-12,14,19H,2-3,5-8H2,(H,27,28)/t19-/m0/s1. The maximum absolute atomic E-state index is 15.0. The summed E-state index contributed by atoms with van der Waals surface area (Å²) in [5.41, 5.74) is 1.25. The number of hydrogen-bond donors (Lipinski definition) is 1. The number of alkyl halides is 1. The van der Waals surface area contributed by atoms with E-state index in [-0.39, 0.29) is 11.5 Å². The molecule has 0 amide bonds. The van der Waals surface area contributed by atoms with Gasteiger partial charge in [-0.25, -0.2) is 23.1 Å². The minimum absolute atomic E-state index is 0.0741. The summed E-state index contributed by atoms with van der Waals surface area (Å²) in [5.74, 6) is -0.432. The van der Waals surface area contributed by atoms with Crippen LogP contribution in [0, 0.1) is 17.6 Å². The molecule has 2 aliphatic rings. The quantitative estimate of drug-likeness (QED) is 0.675. The highest BCUT2D eigenvalue weighted by Gasteiger charge is 2.32. The molecule has 9 heteroatoms. The number of piperidine rings is 1. The fraction of sp³-hybridized carbons (Fsp3) is 0.429. The average Bonchev–Trinajstić information content (AvgIpc) is 3.57. The van der Waals surface area contributed by atoms with E-state index in [1.165, 1.54) is 6.07 Å². The molecule has 1 aromatic carbocycles. The topological polar surface area (TPSA) is 66.8 Å². The molecule has 0 spiro atoms. The lowest BCUT2D eigenvalue weighted by atomic mass is 9.88. The van der Waals surface area contributed by atoms with E-state index in [0.717, 1.165) is 30.8 Å². The lowest BCUT2D eigenvalue weighted by Crippen LogP contribution is -2.36. The fourth-order valence-corrected chi connectivity index (χ4v) is 3.94. The predicted octanol–water partition coefficient (Wildman–Crippen LogP) is 4.20. The van der Waals surface area contributed by atoms with Gasteiger partial charge in [0, 0.05) is 30.8 Å². The third-order valence-corrected chi connectivity index (χ3v) is 5.79. The molecule has 3 aromatic rings. The van der Waals surface area contributed by atoms with Crippen molar-refractivity contribution in [2.45, 2.75) is 37.9 Å². The van der Waals surface area contributed by atoms with Gasteiger partial charge in [-0.05, 0) is 37.7 Å². The Bertz CT molecular complexity index is 1070. The SMILES string of the molecule is Fc1ccc([C@@H](F)C2CCN(c3nc4cnncc4nc3NC3CC3)CC2)c(F)c1. The largest absolute Gasteiger partial charge is 0.364 e. The van der Waals surface area contributed by atoms with Crippen LogP contribution in [0.4, 0.5) is 24.8 Å². The summed E-state index contributed by atoms with van der Waals surface area (Å²) < 4.78 is 42.1. The first-order valence-corrected chi connectivity index (χ1v) is 10.2. The van der Waals surface area contributed by atoms with Crippen molar-refractivity contribution in [3.8, 4) is 0 Å². The smallest absolute Gasteiger partial charge is 0.172 e. The van der Waals surface area contributed by atoms with Gasteiger partial charge in [0.1, 0.15) is 28.8 Å². The van der Waals surface area contributed by atoms with Crippen molar-refractivity contribution in [2.24, 2.45) is 5.92 Å². The molecule has 30 heavy (non-hydrogen) atoms. The van der Waals surface area contributed by atoms with Crippen LogP contribution in [0.25, 0.3) is 11.0 Å². The van der Waals surface area contributed by atoms with Gasteiger partial charge in [-0.2, -0.15) is 10.2 Å². The second-order valence-electron chi connectivity index (χ2n) is 7.97. The lowest BCUT2D eigenvalue weighted by Gasteiger charge is -2.35. The predicted molar refractivity (Wildman–Crippen MR) is 107 cm³/mol. The highest BCUT2D eigenvalue weighted by molar-refractivity contribution is 5.79. The van der Waals surface area contributed by atoms with Gasteiger partial charge in [-0.1, -0.05) is 6.07 Å². The number of anilines is 2. The molecule has 0 unspecified atom stereocenters. The summed E-state index contributed by atoms with van der Waals surface area (Å²) in [6.07, 6.45) is 4.97. The van der Waals surface area contributed by atoms with Crippen molar-refractivity contribution < 1.29 is 13.2 Å². The van der Waals surface area contributed by atoms with Crippen molar-refractivity contribution in [2.75, 3.05) is 23.3 Å². The van der Waals surface area contributed by atoms with Crippen molar-refractivity contribution in [3.05, 3.63) is 47.8 Å². The highest BCUT2D eigenvalue weighted by atomic mass is 19.1. The second kappa shape index (κ2) is 7.70. The Morgan fingerprint density at radius 1 is 0.967 bits per heavy atom. The molecule has 5 rings (SSSR count). The van der Waals surface area contributed by atoms with E-state index in [2.05, 4.69) is 25.4 Å². The van der Waals surface area contributed by atoms with Crippen LogP contribution in [-0.2, 0) is 0 Å². The molecule has 1 saturated heterocycles. The van der Waals surface area contributed by atoms with E-state index < -0.39 is 17.8 Å². The maximum Gasteiger partial charge on any atom is 0.172 e. The molecule has 1 aliphatic heterocycles. The van der Waals surface area contributed by atoms with E-state index in [4.69, 9.17) is 4.98 Å². The van der Waals surface area contributed by atoms with Crippen LogP contribution in [-0.4, -0.2) is 39.3 Å². The van der Waals surface area contributed by atoms with Crippen LogP contribution in [0.2, 0.25) is 0 Å². The van der Waals surface area contributed by atoms with Gasteiger partial charge in [-0.15, -0.1) is 0 Å². The Kier molecular flexibility index (Phi) is 4.88. The number of fused-ring (bicyclic) bond motifs is 1. The first-order chi connectivity index (χ1) is 14.6. The van der Waals surface area contributed by atoms with Crippen molar-refractivity contribution >= 4 is 22.7 Å². The Labute approximate surface area is 171 Å². The number of nitrogens with zero attached hydrogens (tertiary/aromatic N) is 5. The second-order valence-corrected chi connectivity index (χ2v) is 7.97. The summed E-state index contributed by atoms with van der Waals surface area (Å²) in [7, 11) is 0. The summed E-state index contributed by atoms with van der Waals surface area (Å²) in [4.78, 5) is 11.5. The van der Waals surface area contributed by atoms with Gasteiger partial charge < -0.3 is 10.2 Å². The first-order valence-electron chi connectivity index (χ1n) is 10.2. The number of benzene rings is 1. The minimum atomic E-state index is -1.46. The van der Waals surface area contributed by atoms with Crippen molar-refractivity contribution in [3.63, 3.8) is 0 Å². The zero-order valence-electron chi connectivity index (χ0n) is 16.2. The van der Waals surface area contributed by atoms with E-state index in [1.54, 1.807) is 12.4 Å². The van der Waals surface area contributed by atoms with E-state index in [0.29, 0.717) is 48.8 Å². The van der Waals surface area contributed by atoms with Gasteiger partial charge in [0.25, 0.3) is 0 Å². The Balaban J connectivity index is 1.35. The molecule has 1 saturated carbocycles. The zero-order valence-corrected chi connectivity index (χ0v) is 16.2. The fourth-order valence-electron chi connectivity index (χ4n) is 3.94. The summed E-state index contributed by atoms with van der Waals surface area (Å²) >= 11 is 0. The molecule has 2 fully saturated rings. The molecule has 156 valence electrons. The number of nitrogens with one attached hydrogen (secondary N) is 1. The molecule has 1 N–H and O–H groups in total. The average molecular weight is 414 g/mol. The number of hydrogen-bond acceptors (Lipinski definition) is 6. The third kappa shape index (κ3) is 3.76. The van der Waals surface area contributed by atoms with Crippen LogP contribution in [0.15, 0.2) is 30.6 Å². The van der Waals surface area contributed by atoms with E-state index in [9.17, 15) is 13.2 Å². The van der Waals surface area contributed by atoms with Crippen molar-refractivity contribution in [1.82, 2.24) is 20.2 Å². The highest BCUT2D eigenvalue weighted by Crippen LogP contribution is 2.38. The molecular weight excluding hydrogens is 393 g/mol. The normalized spacial score (nSPS) is 18.6. The summed E-state index contributed by atoms with van der Waals surface area (Å²) in [6, 6.07) is 3.44. The van der Waals surface area contributed by atoms with Crippen molar-refractivity contribution in [1.29, 1.82) is 0 Å². The molecule has 1 aliphatic carbocycles. The van der Waals surface area contributed by atoms with Gasteiger partial charge in [0.15, 0.2) is 11.6 Å². The lowest BCUT2D eigenvalue weighted by molar-refractivity contribution is 0.193. The minimum Gasteiger partial charge on any atom is -0.364 e. The Hall–Kier alpha value is -2.97. The van der Waals surface area contributed by atoms with Crippen LogP contribution >= 0.6 is 0 Å². The summed E-state index contributed by atoms with van der Waals surface area (Å²) in [5, 5.41) is 11.2.